The average Bonchev–Trinajstić information content (AvgIpc) is 2.14. The highest BCUT2D eigenvalue weighted by molar-refractivity contribution is 5.71. The van der Waals surface area contributed by atoms with Crippen LogP contribution in [0.5, 0.6) is 0 Å². The van der Waals surface area contributed by atoms with E-state index >= 15 is 0 Å². The van der Waals surface area contributed by atoms with Gasteiger partial charge in [-0.15, -0.1) is 0 Å². The lowest BCUT2D eigenvalue weighted by atomic mass is 10.0. The fraction of sp³-hybridized carbons (Fsp3) is 0.500. The van der Waals surface area contributed by atoms with Gasteiger partial charge < -0.3 is 9.67 Å². The molecule has 1 aromatic heterocycles. The minimum Gasteiger partial charge on any atom is -0.480 e. The van der Waals surface area contributed by atoms with Crippen LogP contribution in [0.25, 0.3) is 0 Å². The largest absolute Gasteiger partial charge is 0.480 e. The smallest absolute Gasteiger partial charge is 0.326 e. The van der Waals surface area contributed by atoms with Gasteiger partial charge in [-0.2, -0.15) is 0 Å². The Hall–Kier alpha value is -1.58. The molecule has 0 aromatic carbocycles. The zero-order valence-electron chi connectivity index (χ0n) is 9.80. The highest BCUT2D eigenvalue weighted by Crippen LogP contribution is 2.16. The van der Waals surface area contributed by atoms with Gasteiger partial charge in [0.1, 0.15) is 6.04 Å². The summed E-state index contributed by atoms with van der Waals surface area (Å²) in [6.45, 7) is 5.69. The Bertz CT molecular complexity index is 434. The van der Waals surface area contributed by atoms with Crippen molar-refractivity contribution >= 4 is 5.97 Å². The molecule has 0 amide bonds. The molecular weight excluding hydrogens is 206 g/mol. The van der Waals surface area contributed by atoms with E-state index in [1.165, 1.54) is 10.6 Å². The van der Waals surface area contributed by atoms with Crippen LogP contribution in [0.4, 0.5) is 0 Å². The monoisotopic (exact) mass is 223 g/mol. The minimum absolute atomic E-state index is 0.231. The van der Waals surface area contributed by atoms with E-state index < -0.39 is 12.0 Å². The molecule has 0 bridgehead atoms. The van der Waals surface area contributed by atoms with Gasteiger partial charge in [-0.25, -0.2) is 4.79 Å². The maximum Gasteiger partial charge on any atom is 0.326 e. The lowest BCUT2D eigenvalue weighted by Gasteiger charge is -2.17. The van der Waals surface area contributed by atoms with Crippen LogP contribution in [-0.2, 0) is 4.79 Å². The number of hydrogen-bond acceptors (Lipinski definition) is 2. The summed E-state index contributed by atoms with van der Waals surface area (Å²) >= 11 is 0. The fourth-order valence-electron chi connectivity index (χ4n) is 1.63. The van der Waals surface area contributed by atoms with Crippen molar-refractivity contribution in [2.45, 2.75) is 33.2 Å². The summed E-state index contributed by atoms with van der Waals surface area (Å²) in [6, 6.07) is 2.43. The van der Waals surface area contributed by atoms with Gasteiger partial charge in [0.05, 0.1) is 0 Å². The fourth-order valence-corrected chi connectivity index (χ4v) is 1.63. The minimum atomic E-state index is -0.959. The van der Waals surface area contributed by atoms with E-state index in [0.717, 1.165) is 5.56 Å². The molecule has 0 saturated carbocycles. The molecule has 0 aliphatic rings. The van der Waals surface area contributed by atoms with Crippen LogP contribution in [-0.4, -0.2) is 15.6 Å². The summed E-state index contributed by atoms with van der Waals surface area (Å²) in [7, 11) is 0. The number of carboxylic acid groups (broad SMARTS) is 1. The van der Waals surface area contributed by atoms with Gasteiger partial charge in [-0.05, 0) is 30.9 Å². The third-order valence-corrected chi connectivity index (χ3v) is 2.42. The van der Waals surface area contributed by atoms with Crippen LogP contribution in [0, 0.1) is 12.8 Å². The van der Waals surface area contributed by atoms with Crippen molar-refractivity contribution in [3.63, 3.8) is 0 Å². The van der Waals surface area contributed by atoms with Crippen molar-refractivity contribution in [1.29, 1.82) is 0 Å². The third-order valence-electron chi connectivity index (χ3n) is 2.42. The number of aromatic nitrogens is 1. The van der Waals surface area contributed by atoms with Gasteiger partial charge in [0.15, 0.2) is 0 Å². The van der Waals surface area contributed by atoms with Gasteiger partial charge in [-0.3, -0.25) is 4.79 Å². The van der Waals surface area contributed by atoms with Crippen LogP contribution in [0.1, 0.15) is 31.9 Å². The number of pyridine rings is 1. The zero-order chi connectivity index (χ0) is 12.3. The molecular formula is C12H17NO3. The number of aryl methyl sites for hydroxylation is 1. The highest BCUT2D eigenvalue weighted by atomic mass is 16.4. The van der Waals surface area contributed by atoms with Crippen molar-refractivity contribution < 1.29 is 9.90 Å². The molecule has 1 rings (SSSR count). The van der Waals surface area contributed by atoms with Gasteiger partial charge in [0, 0.05) is 12.3 Å². The predicted molar refractivity (Wildman–Crippen MR) is 61.6 cm³/mol. The van der Waals surface area contributed by atoms with Crippen LogP contribution < -0.4 is 5.56 Å². The molecule has 0 aliphatic carbocycles. The van der Waals surface area contributed by atoms with Crippen molar-refractivity contribution in [3.8, 4) is 0 Å². The Balaban J connectivity index is 3.11. The summed E-state index contributed by atoms with van der Waals surface area (Å²) in [4.78, 5) is 22.8. The van der Waals surface area contributed by atoms with Crippen LogP contribution in [0.3, 0.4) is 0 Å². The predicted octanol–water partition coefficient (Wildman–Crippen LogP) is 1.83. The molecule has 0 spiro atoms. The first-order valence-corrected chi connectivity index (χ1v) is 5.33. The molecule has 16 heavy (non-hydrogen) atoms. The SMILES string of the molecule is Cc1ccn([C@H](CC(C)C)C(=O)O)c(=O)c1. The number of nitrogens with zero attached hydrogens (tertiary/aromatic N) is 1. The maximum absolute atomic E-state index is 11.7. The number of aliphatic carboxylic acids is 1. The highest BCUT2D eigenvalue weighted by Gasteiger charge is 2.21. The summed E-state index contributed by atoms with van der Waals surface area (Å²) in [5, 5.41) is 9.11. The van der Waals surface area contributed by atoms with E-state index in [4.69, 9.17) is 5.11 Å². The number of carboxylic acids is 1. The summed E-state index contributed by atoms with van der Waals surface area (Å²) < 4.78 is 1.29. The molecule has 1 aromatic rings. The number of carbonyl (C=O) groups is 1. The molecule has 0 radical (unpaired) electrons. The second-order valence-electron chi connectivity index (χ2n) is 4.43. The van der Waals surface area contributed by atoms with Crippen LogP contribution in [0.2, 0.25) is 0 Å². The van der Waals surface area contributed by atoms with Crippen molar-refractivity contribution in [3.05, 3.63) is 34.2 Å². The molecule has 1 heterocycles. The lowest BCUT2D eigenvalue weighted by Crippen LogP contribution is -2.30. The van der Waals surface area contributed by atoms with Crippen molar-refractivity contribution in [2.24, 2.45) is 5.92 Å². The summed E-state index contributed by atoms with van der Waals surface area (Å²) in [5.74, 6) is -0.728. The lowest BCUT2D eigenvalue weighted by molar-refractivity contribution is -0.141. The first-order chi connectivity index (χ1) is 7.41. The van der Waals surface area contributed by atoms with Crippen LogP contribution >= 0.6 is 0 Å². The van der Waals surface area contributed by atoms with Crippen molar-refractivity contribution in [1.82, 2.24) is 4.57 Å². The van der Waals surface area contributed by atoms with Crippen molar-refractivity contribution in [2.75, 3.05) is 0 Å². The van der Waals surface area contributed by atoms with Crippen LogP contribution in [0.15, 0.2) is 23.1 Å². The van der Waals surface area contributed by atoms with E-state index in [-0.39, 0.29) is 11.5 Å². The normalized spacial score (nSPS) is 12.8. The Kier molecular flexibility index (Phi) is 3.88. The Morgan fingerprint density at radius 2 is 2.12 bits per heavy atom. The molecule has 0 aliphatic heterocycles. The standard InChI is InChI=1S/C12H17NO3/c1-8(2)6-10(12(15)16)13-5-4-9(3)7-11(13)14/h4-5,7-8,10H,6H2,1-3H3,(H,15,16)/t10-/m1/s1. The van der Waals surface area contributed by atoms with E-state index in [9.17, 15) is 9.59 Å². The van der Waals surface area contributed by atoms with Gasteiger partial charge in [0.2, 0.25) is 0 Å². The Labute approximate surface area is 94.5 Å². The Morgan fingerprint density at radius 3 is 2.56 bits per heavy atom. The zero-order valence-corrected chi connectivity index (χ0v) is 9.80. The van der Waals surface area contributed by atoms with E-state index in [2.05, 4.69) is 0 Å². The first-order valence-electron chi connectivity index (χ1n) is 5.33. The van der Waals surface area contributed by atoms with E-state index in [1.54, 1.807) is 12.3 Å². The maximum atomic E-state index is 11.7. The summed E-state index contributed by atoms with van der Waals surface area (Å²) in [6.07, 6.45) is 2.01. The second-order valence-corrected chi connectivity index (χ2v) is 4.43. The topological polar surface area (TPSA) is 59.3 Å². The molecule has 0 fully saturated rings. The number of rotatable bonds is 4. The van der Waals surface area contributed by atoms with E-state index in [0.29, 0.717) is 6.42 Å². The van der Waals surface area contributed by atoms with Gasteiger partial charge >= 0.3 is 5.97 Å². The summed E-state index contributed by atoms with van der Waals surface area (Å²) in [5.41, 5.74) is 0.586. The molecule has 4 nitrogen and oxygen atoms in total. The Morgan fingerprint density at radius 1 is 1.50 bits per heavy atom. The van der Waals surface area contributed by atoms with Gasteiger partial charge in [-0.1, -0.05) is 13.8 Å². The quantitative estimate of drug-likeness (QED) is 0.847. The molecule has 88 valence electrons. The molecule has 0 unspecified atom stereocenters. The third kappa shape index (κ3) is 2.95. The molecule has 1 atom stereocenters. The molecule has 4 heteroatoms. The number of hydrogen-bond donors (Lipinski definition) is 1. The molecule has 1 N–H and O–H groups in total. The first kappa shape index (κ1) is 12.5. The van der Waals surface area contributed by atoms with Gasteiger partial charge in [0.25, 0.3) is 5.56 Å². The molecule has 0 saturated heterocycles. The second kappa shape index (κ2) is 4.96. The van der Waals surface area contributed by atoms with E-state index in [1.807, 2.05) is 20.8 Å². The average molecular weight is 223 g/mol.